The van der Waals surface area contributed by atoms with Crippen molar-refractivity contribution in [1.29, 1.82) is 0 Å². The van der Waals surface area contributed by atoms with Crippen LogP contribution < -0.4 is 5.32 Å². The molecule has 2 rings (SSSR count). The molecule has 1 heterocycles. The number of nitrogens with zero attached hydrogens (tertiary/aromatic N) is 2. The molecule has 1 aromatic heterocycles. The minimum atomic E-state index is 0.477. The first kappa shape index (κ1) is 11.7. The molecular formula is C14H19N3. The highest BCUT2D eigenvalue weighted by molar-refractivity contribution is 5.49. The van der Waals surface area contributed by atoms with E-state index in [9.17, 15) is 0 Å². The zero-order valence-electron chi connectivity index (χ0n) is 10.6. The Bertz CT molecular complexity index is 443. The fourth-order valence-corrected chi connectivity index (χ4v) is 1.56. The maximum Gasteiger partial charge on any atom is 0.0647 e. The van der Waals surface area contributed by atoms with Crippen LogP contribution in [0.1, 0.15) is 20.8 Å². The van der Waals surface area contributed by atoms with Gasteiger partial charge in [0.2, 0.25) is 0 Å². The molecular weight excluding hydrogens is 210 g/mol. The lowest BCUT2D eigenvalue weighted by Gasteiger charge is -2.18. The van der Waals surface area contributed by atoms with Gasteiger partial charge in [-0.1, -0.05) is 13.8 Å². The molecule has 90 valence electrons. The van der Waals surface area contributed by atoms with E-state index in [-0.39, 0.29) is 0 Å². The summed E-state index contributed by atoms with van der Waals surface area (Å²) in [5, 5.41) is 7.69. The van der Waals surface area contributed by atoms with Crippen LogP contribution >= 0.6 is 0 Å². The van der Waals surface area contributed by atoms with E-state index in [2.05, 4.69) is 55.5 Å². The minimum absolute atomic E-state index is 0.477. The lowest BCUT2D eigenvalue weighted by Crippen LogP contribution is -2.21. The van der Waals surface area contributed by atoms with Gasteiger partial charge >= 0.3 is 0 Å². The van der Waals surface area contributed by atoms with Crippen LogP contribution in [0.2, 0.25) is 0 Å². The lowest BCUT2D eigenvalue weighted by molar-refractivity contribution is 0.560. The van der Waals surface area contributed by atoms with Gasteiger partial charge in [-0.2, -0.15) is 5.10 Å². The minimum Gasteiger partial charge on any atom is -0.382 e. The summed E-state index contributed by atoms with van der Waals surface area (Å²) in [6.45, 7) is 6.64. The fourth-order valence-electron chi connectivity index (χ4n) is 1.56. The Morgan fingerprint density at radius 2 is 1.82 bits per heavy atom. The molecule has 0 aliphatic rings. The highest BCUT2D eigenvalue weighted by atomic mass is 15.3. The van der Waals surface area contributed by atoms with Crippen molar-refractivity contribution in [3.05, 3.63) is 42.7 Å². The molecule has 0 aliphatic heterocycles. The van der Waals surface area contributed by atoms with Gasteiger partial charge in [0.25, 0.3) is 0 Å². The summed E-state index contributed by atoms with van der Waals surface area (Å²) in [5.41, 5.74) is 2.24. The van der Waals surface area contributed by atoms with Gasteiger partial charge in [0.1, 0.15) is 0 Å². The van der Waals surface area contributed by atoms with Gasteiger partial charge in [0, 0.05) is 24.1 Å². The van der Waals surface area contributed by atoms with Crippen LogP contribution in [0.15, 0.2) is 42.7 Å². The molecule has 0 aliphatic carbocycles. The highest BCUT2D eigenvalue weighted by Gasteiger charge is 2.06. The van der Waals surface area contributed by atoms with Gasteiger partial charge in [-0.3, -0.25) is 0 Å². The van der Waals surface area contributed by atoms with E-state index in [1.165, 1.54) is 0 Å². The molecule has 1 aromatic carbocycles. The summed E-state index contributed by atoms with van der Waals surface area (Å²) >= 11 is 0. The van der Waals surface area contributed by atoms with E-state index in [0.29, 0.717) is 12.0 Å². The van der Waals surface area contributed by atoms with Gasteiger partial charge in [-0.15, -0.1) is 0 Å². The summed E-state index contributed by atoms with van der Waals surface area (Å²) in [4.78, 5) is 0. The first-order valence-electron chi connectivity index (χ1n) is 6.03. The van der Waals surface area contributed by atoms with Gasteiger partial charge in [-0.05, 0) is 43.2 Å². The maximum atomic E-state index is 4.20. The third kappa shape index (κ3) is 2.87. The van der Waals surface area contributed by atoms with Crippen LogP contribution in [0.5, 0.6) is 0 Å². The van der Waals surface area contributed by atoms with Crippen LogP contribution in [0, 0.1) is 5.92 Å². The van der Waals surface area contributed by atoms with Gasteiger partial charge in [-0.25, -0.2) is 4.68 Å². The van der Waals surface area contributed by atoms with Crippen LogP contribution in [0.4, 0.5) is 5.69 Å². The van der Waals surface area contributed by atoms with Crippen molar-refractivity contribution in [2.75, 3.05) is 5.32 Å². The van der Waals surface area contributed by atoms with E-state index < -0.39 is 0 Å². The molecule has 3 nitrogen and oxygen atoms in total. The average molecular weight is 229 g/mol. The molecule has 0 radical (unpaired) electrons. The molecule has 3 heteroatoms. The van der Waals surface area contributed by atoms with Crippen molar-refractivity contribution in [2.45, 2.75) is 26.8 Å². The molecule has 17 heavy (non-hydrogen) atoms. The number of anilines is 1. The molecule has 1 N–H and O–H groups in total. The summed E-state index contributed by atoms with van der Waals surface area (Å²) in [5.74, 6) is 0.626. The van der Waals surface area contributed by atoms with Gasteiger partial charge < -0.3 is 5.32 Å². The number of hydrogen-bond donors (Lipinski definition) is 1. The molecule has 1 unspecified atom stereocenters. The molecule has 0 saturated heterocycles. The second-order valence-electron chi connectivity index (χ2n) is 4.67. The Hall–Kier alpha value is -1.77. The Labute approximate surface area is 102 Å². The van der Waals surface area contributed by atoms with E-state index in [1.807, 2.05) is 16.9 Å². The number of aromatic nitrogens is 2. The summed E-state index contributed by atoms with van der Waals surface area (Å²) in [7, 11) is 0. The topological polar surface area (TPSA) is 29.9 Å². The number of benzene rings is 1. The third-order valence-corrected chi connectivity index (χ3v) is 3.03. The third-order valence-electron chi connectivity index (χ3n) is 3.03. The first-order chi connectivity index (χ1) is 8.16. The van der Waals surface area contributed by atoms with Crippen molar-refractivity contribution < 1.29 is 0 Å². The normalized spacial score (nSPS) is 12.7. The number of nitrogens with one attached hydrogen (secondary N) is 1. The molecule has 0 bridgehead atoms. The SMILES string of the molecule is CC(C)C(C)Nc1ccc(-n2cccn2)cc1. The molecule has 0 saturated carbocycles. The lowest BCUT2D eigenvalue weighted by atomic mass is 10.1. The van der Waals surface area contributed by atoms with Crippen molar-refractivity contribution in [3.8, 4) is 5.69 Å². The molecule has 1 atom stereocenters. The second kappa shape index (κ2) is 5.04. The monoisotopic (exact) mass is 229 g/mol. The van der Waals surface area contributed by atoms with Crippen molar-refractivity contribution >= 4 is 5.69 Å². The summed E-state index contributed by atoms with van der Waals surface area (Å²) in [6.07, 6.45) is 3.73. The Morgan fingerprint density at radius 1 is 1.12 bits per heavy atom. The predicted molar refractivity (Wildman–Crippen MR) is 71.5 cm³/mol. The first-order valence-corrected chi connectivity index (χ1v) is 6.03. The van der Waals surface area contributed by atoms with E-state index in [1.54, 1.807) is 6.20 Å². The zero-order chi connectivity index (χ0) is 12.3. The van der Waals surface area contributed by atoms with E-state index in [0.717, 1.165) is 11.4 Å². The van der Waals surface area contributed by atoms with Crippen LogP contribution in [-0.4, -0.2) is 15.8 Å². The average Bonchev–Trinajstić information content (AvgIpc) is 2.83. The zero-order valence-corrected chi connectivity index (χ0v) is 10.6. The maximum absolute atomic E-state index is 4.20. The standard InChI is InChI=1S/C14H19N3/c1-11(2)12(3)16-13-5-7-14(8-6-13)17-10-4-9-15-17/h4-12,16H,1-3H3. The number of hydrogen-bond acceptors (Lipinski definition) is 2. The summed E-state index contributed by atoms with van der Waals surface area (Å²) < 4.78 is 1.86. The molecule has 0 amide bonds. The molecule has 2 aromatic rings. The fraction of sp³-hybridized carbons (Fsp3) is 0.357. The second-order valence-corrected chi connectivity index (χ2v) is 4.67. The van der Waals surface area contributed by atoms with Gasteiger partial charge in [0.05, 0.1) is 5.69 Å². The Kier molecular flexibility index (Phi) is 3.47. The van der Waals surface area contributed by atoms with Crippen molar-refractivity contribution in [1.82, 2.24) is 9.78 Å². The Balaban J connectivity index is 2.08. The molecule has 0 fully saturated rings. The van der Waals surface area contributed by atoms with Crippen molar-refractivity contribution in [2.24, 2.45) is 5.92 Å². The molecule has 0 spiro atoms. The smallest absolute Gasteiger partial charge is 0.0647 e. The van der Waals surface area contributed by atoms with Crippen molar-refractivity contribution in [3.63, 3.8) is 0 Å². The Morgan fingerprint density at radius 3 is 2.35 bits per heavy atom. The quantitative estimate of drug-likeness (QED) is 0.871. The van der Waals surface area contributed by atoms with Crippen LogP contribution in [-0.2, 0) is 0 Å². The van der Waals surface area contributed by atoms with Gasteiger partial charge in [0.15, 0.2) is 0 Å². The van der Waals surface area contributed by atoms with Crippen LogP contribution in [0.3, 0.4) is 0 Å². The number of rotatable bonds is 4. The largest absolute Gasteiger partial charge is 0.382 e. The predicted octanol–water partition coefficient (Wildman–Crippen LogP) is 3.33. The van der Waals surface area contributed by atoms with E-state index in [4.69, 9.17) is 0 Å². The van der Waals surface area contributed by atoms with Crippen LogP contribution in [0.25, 0.3) is 5.69 Å². The summed E-state index contributed by atoms with van der Waals surface area (Å²) in [6, 6.07) is 10.7. The highest BCUT2D eigenvalue weighted by Crippen LogP contribution is 2.15. The van der Waals surface area contributed by atoms with E-state index >= 15 is 0 Å².